The zero-order valence-electron chi connectivity index (χ0n) is 8.14. The quantitative estimate of drug-likeness (QED) is 0.677. The second kappa shape index (κ2) is 3.28. The lowest BCUT2D eigenvalue weighted by Gasteiger charge is -2.01. The minimum absolute atomic E-state index is 0.221. The van der Waals surface area contributed by atoms with Gasteiger partial charge in [0.05, 0.1) is 5.52 Å². The fourth-order valence-corrected chi connectivity index (χ4v) is 2.09. The molecule has 0 saturated heterocycles. The second-order valence-corrected chi connectivity index (χ2v) is 3.68. The Hall–Kier alpha value is -1.02. The van der Waals surface area contributed by atoms with Gasteiger partial charge >= 0.3 is 0 Å². The third-order valence-electron chi connectivity index (χ3n) is 2.52. The molecule has 0 radical (unpaired) electrons. The molecule has 1 aromatic heterocycles. The molecule has 0 aliphatic rings. The summed E-state index contributed by atoms with van der Waals surface area (Å²) in [7, 11) is 0. The molecular weight excluding hydrogens is 201 g/mol. The average molecular weight is 212 g/mol. The lowest BCUT2D eigenvalue weighted by atomic mass is 10.2. The van der Waals surface area contributed by atoms with Crippen molar-refractivity contribution in [3.63, 3.8) is 0 Å². The molecule has 0 spiro atoms. The highest BCUT2D eigenvalue weighted by atomic mass is 35.5. The molecule has 2 aromatic rings. The summed E-state index contributed by atoms with van der Waals surface area (Å²) in [6, 6.07) is 4.77. The van der Waals surface area contributed by atoms with Crippen LogP contribution < -0.4 is 0 Å². The van der Waals surface area contributed by atoms with Gasteiger partial charge in [-0.1, -0.05) is 11.6 Å². The predicted octanol–water partition coefficient (Wildman–Crippen LogP) is 3.76. The summed E-state index contributed by atoms with van der Waals surface area (Å²) in [5.41, 5.74) is 1.89. The van der Waals surface area contributed by atoms with Crippen molar-refractivity contribution in [3.8, 4) is 0 Å². The first-order valence-corrected chi connectivity index (χ1v) is 4.96. The normalized spacial score (nSPS) is 11.1. The maximum Gasteiger partial charge on any atom is 0.125 e. The number of benzene rings is 1. The standard InChI is InChI=1S/C11H11ClFN/c1-3-14-10-6-8(13)4-5-9(10)7(2)11(14)12/h4-6H,3H2,1-2H3. The summed E-state index contributed by atoms with van der Waals surface area (Å²) < 4.78 is 14.9. The van der Waals surface area contributed by atoms with Crippen LogP contribution in [-0.2, 0) is 6.54 Å². The number of aromatic nitrogens is 1. The van der Waals surface area contributed by atoms with Gasteiger partial charge in [0.15, 0.2) is 0 Å². The summed E-state index contributed by atoms with van der Waals surface area (Å²) >= 11 is 6.13. The van der Waals surface area contributed by atoms with Gasteiger partial charge in [-0.25, -0.2) is 4.39 Å². The number of fused-ring (bicyclic) bond motifs is 1. The first-order valence-electron chi connectivity index (χ1n) is 4.59. The molecule has 1 heterocycles. The minimum Gasteiger partial charge on any atom is -0.332 e. The molecule has 1 aromatic carbocycles. The predicted molar refractivity (Wildman–Crippen MR) is 57.3 cm³/mol. The zero-order valence-corrected chi connectivity index (χ0v) is 8.90. The fraction of sp³-hybridized carbons (Fsp3) is 0.273. The van der Waals surface area contributed by atoms with Gasteiger partial charge in [0.1, 0.15) is 11.0 Å². The molecule has 1 nitrogen and oxygen atoms in total. The largest absolute Gasteiger partial charge is 0.332 e. The van der Waals surface area contributed by atoms with Crippen LogP contribution in [0, 0.1) is 12.7 Å². The van der Waals surface area contributed by atoms with Crippen LogP contribution in [0.5, 0.6) is 0 Å². The molecule has 2 rings (SSSR count). The summed E-state index contributed by atoms with van der Waals surface area (Å²) in [6.07, 6.45) is 0. The van der Waals surface area contributed by atoms with Crippen molar-refractivity contribution < 1.29 is 4.39 Å². The highest BCUT2D eigenvalue weighted by molar-refractivity contribution is 6.32. The topological polar surface area (TPSA) is 4.93 Å². The molecule has 0 atom stereocenters. The molecule has 14 heavy (non-hydrogen) atoms. The van der Waals surface area contributed by atoms with Crippen LogP contribution in [0.1, 0.15) is 12.5 Å². The maximum absolute atomic E-state index is 13.0. The van der Waals surface area contributed by atoms with E-state index in [-0.39, 0.29) is 5.82 Å². The van der Waals surface area contributed by atoms with E-state index in [0.29, 0.717) is 5.15 Å². The number of halogens is 2. The van der Waals surface area contributed by atoms with Gasteiger partial charge in [-0.2, -0.15) is 0 Å². The van der Waals surface area contributed by atoms with Gasteiger partial charge < -0.3 is 4.57 Å². The molecular formula is C11H11ClFN. The first-order chi connectivity index (χ1) is 6.65. The van der Waals surface area contributed by atoms with Crippen molar-refractivity contribution in [2.75, 3.05) is 0 Å². The van der Waals surface area contributed by atoms with E-state index in [4.69, 9.17) is 11.6 Å². The number of rotatable bonds is 1. The third-order valence-corrected chi connectivity index (χ3v) is 3.00. The van der Waals surface area contributed by atoms with Crippen LogP contribution in [0.2, 0.25) is 5.15 Å². The van der Waals surface area contributed by atoms with E-state index in [9.17, 15) is 4.39 Å². The fourth-order valence-electron chi connectivity index (χ4n) is 1.77. The molecule has 74 valence electrons. The average Bonchev–Trinajstić information content (AvgIpc) is 2.39. The summed E-state index contributed by atoms with van der Waals surface area (Å²) in [6.45, 7) is 4.71. The van der Waals surface area contributed by atoms with Gasteiger partial charge in [0.2, 0.25) is 0 Å². The Morgan fingerprint density at radius 2 is 2.14 bits per heavy atom. The molecule has 0 N–H and O–H groups in total. The van der Waals surface area contributed by atoms with E-state index in [1.807, 2.05) is 18.4 Å². The first kappa shape index (κ1) is 9.53. The summed E-state index contributed by atoms with van der Waals surface area (Å²) in [5.74, 6) is -0.221. The van der Waals surface area contributed by atoms with Gasteiger partial charge in [-0.3, -0.25) is 0 Å². The second-order valence-electron chi connectivity index (χ2n) is 3.32. The number of hydrogen-bond acceptors (Lipinski definition) is 0. The molecule has 0 unspecified atom stereocenters. The van der Waals surface area contributed by atoms with Crippen LogP contribution in [-0.4, -0.2) is 4.57 Å². The minimum atomic E-state index is -0.221. The van der Waals surface area contributed by atoms with Gasteiger partial charge in [-0.15, -0.1) is 0 Å². The molecule has 0 fully saturated rings. The summed E-state index contributed by atoms with van der Waals surface area (Å²) in [4.78, 5) is 0. The van der Waals surface area contributed by atoms with Crippen molar-refractivity contribution in [2.24, 2.45) is 0 Å². The van der Waals surface area contributed by atoms with Gasteiger partial charge in [0, 0.05) is 11.9 Å². The van der Waals surface area contributed by atoms with Crippen LogP contribution in [0.3, 0.4) is 0 Å². The van der Waals surface area contributed by atoms with E-state index in [1.165, 1.54) is 12.1 Å². The highest BCUT2D eigenvalue weighted by Gasteiger charge is 2.11. The van der Waals surface area contributed by atoms with E-state index >= 15 is 0 Å². The lowest BCUT2D eigenvalue weighted by molar-refractivity contribution is 0.628. The molecule has 0 amide bonds. The van der Waals surface area contributed by atoms with Crippen LogP contribution in [0.4, 0.5) is 4.39 Å². The van der Waals surface area contributed by atoms with Crippen molar-refractivity contribution >= 4 is 22.5 Å². The smallest absolute Gasteiger partial charge is 0.125 e. The molecule has 0 aliphatic heterocycles. The maximum atomic E-state index is 13.0. The van der Waals surface area contributed by atoms with Crippen LogP contribution in [0.25, 0.3) is 10.9 Å². The number of aryl methyl sites for hydroxylation is 2. The van der Waals surface area contributed by atoms with Crippen molar-refractivity contribution in [2.45, 2.75) is 20.4 Å². The monoisotopic (exact) mass is 211 g/mol. The van der Waals surface area contributed by atoms with E-state index < -0.39 is 0 Å². The Balaban J connectivity index is 2.89. The van der Waals surface area contributed by atoms with Gasteiger partial charge in [0.25, 0.3) is 0 Å². The zero-order chi connectivity index (χ0) is 10.3. The molecule has 3 heteroatoms. The van der Waals surface area contributed by atoms with Crippen LogP contribution >= 0.6 is 11.6 Å². The molecule has 0 saturated carbocycles. The van der Waals surface area contributed by atoms with E-state index in [2.05, 4.69) is 0 Å². The Bertz CT molecular complexity index is 487. The summed E-state index contributed by atoms with van der Waals surface area (Å²) in [5, 5.41) is 1.73. The third kappa shape index (κ3) is 1.22. The lowest BCUT2D eigenvalue weighted by Crippen LogP contribution is -1.93. The Morgan fingerprint density at radius 3 is 2.79 bits per heavy atom. The van der Waals surface area contributed by atoms with Crippen molar-refractivity contribution in [1.29, 1.82) is 0 Å². The Kier molecular flexibility index (Phi) is 2.23. The number of nitrogens with zero attached hydrogens (tertiary/aromatic N) is 1. The number of hydrogen-bond donors (Lipinski definition) is 0. The molecule has 0 bridgehead atoms. The SMILES string of the molecule is CCn1c(Cl)c(C)c2ccc(F)cc21. The van der Waals surface area contributed by atoms with Crippen molar-refractivity contribution in [3.05, 3.63) is 34.7 Å². The highest BCUT2D eigenvalue weighted by Crippen LogP contribution is 2.29. The Morgan fingerprint density at radius 1 is 1.43 bits per heavy atom. The van der Waals surface area contributed by atoms with Crippen LogP contribution in [0.15, 0.2) is 18.2 Å². The van der Waals surface area contributed by atoms with Crippen molar-refractivity contribution in [1.82, 2.24) is 4.57 Å². The molecule has 0 aliphatic carbocycles. The van der Waals surface area contributed by atoms with E-state index in [1.54, 1.807) is 6.07 Å². The Labute approximate surface area is 87.1 Å². The van der Waals surface area contributed by atoms with Gasteiger partial charge in [-0.05, 0) is 37.6 Å². The van der Waals surface area contributed by atoms with E-state index in [0.717, 1.165) is 23.0 Å².